The largest absolute Gasteiger partial charge is 0.478 e. The van der Waals surface area contributed by atoms with E-state index in [2.05, 4.69) is 4.99 Å². The van der Waals surface area contributed by atoms with Crippen molar-refractivity contribution in [3.63, 3.8) is 0 Å². The lowest BCUT2D eigenvalue weighted by molar-refractivity contribution is 0.0696. The van der Waals surface area contributed by atoms with Crippen LogP contribution in [0, 0.1) is 0 Å². The molecule has 174 valence electrons. The van der Waals surface area contributed by atoms with Crippen LogP contribution in [-0.4, -0.2) is 43.1 Å². The summed E-state index contributed by atoms with van der Waals surface area (Å²) in [5.74, 6) is -1.07. The number of sulfonamides is 1. The van der Waals surface area contributed by atoms with E-state index in [1.54, 1.807) is 0 Å². The van der Waals surface area contributed by atoms with Crippen molar-refractivity contribution in [3.05, 3.63) is 96.1 Å². The van der Waals surface area contributed by atoms with Crippen LogP contribution in [0.15, 0.2) is 94.8 Å². The normalized spacial score (nSPS) is 11.2. The third kappa shape index (κ3) is 8.29. The molecule has 3 aromatic rings. The molecule has 3 aromatic carbocycles. The highest BCUT2D eigenvalue weighted by molar-refractivity contribution is 7.89. The van der Waals surface area contributed by atoms with Gasteiger partial charge < -0.3 is 5.11 Å². The Kier molecular flexibility index (Phi) is 10.5. The van der Waals surface area contributed by atoms with Crippen LogP contribution in [0.25, 0.3) is 0 Å². The first-order valence-corrected chi connectivity index (χ1v) is 12.3. The molecular weight excluding hydrogens is 436 g/mol. The third-order valence-corrected chi connectivity index (χ3v) is 6.52. The molecule has 0 saturated heterocycles. The molecule has 0 aliphatic carbocycles. The molecule has 0 aromatic heterocycles. The van der Waals surface area contributed by atoms with Gasteiger partial charge in [-0.3, -0.25) is 4.99 Å². The quantitative estimate of drug-likeness (QED) is 0.414. The van der Waals surface area contributed by atoms with E-state index in [1.165, 1.54) is 28.6 Å². The zero-order valence-corrected chi connectivity index (χ0v) is 19.8. The number of rotatable bonds is 9. The second kappa shape index (κ2) is 13.3. The fourth-order valence-corrected chi connectivity index (χ4v) is 4.60. The maximum atomic E-state index is 12.4. The first kappa shape index (κ1) is 26.0. The maximum absolute atomic E-state index is 12.4. The topological polar surface area (TPSA) is 87.0 Å². The Morgan fingerprint density at radius 3 is 1.85 bits per heavy atom. The predicted octanol–water partition coefficient (Wildman–Crippen LogP) is 5.63. The van der Waals surface area contributed by atoms with Gasteiger partial charge >= 0.3 is 5.97 Å². The molecule has 0 unspecified atom stereocenters. The molecule has 0 atom stereocenters. The number of benzene rings is 3. The number of hydrogen-bond donors (Lipinski definition) is 1. The van der Waals surface area contributed by atoms with Crippen molar-refractivity contribution in [2.75, 3.05) is 13.1 Å². The van der Waals surface area contributed by atoms with Gasteiger partial charge in [0.15, 0.2) is 0 Å². The van der Waals surface area contributed by atoms with Crippen molar-refractivity contribution in [1.82, 2.24) is 4.31 Å². The molecule has 7 heteroatoms. The van der Waals surface area contributed by atoms with E-state index < -0.39 is 16.0 Å². The molecule has 0 bridgehead atoms. The Balaban J connectivity index is 0.000000243. The Morgan fingerprint density at radius 2 is 1.36 bits per heavy atom. The summed E-state index contributed by atoms with van der Waals surface area (Å²) in [4.78, 5) is 15.2. The lowest BCUT2D eigenvalue weighted by Gasteiger charge is -2.20. The number of hydrogen-bond acceptors (Lipinski definition) is 4. The van der Waals surface area contributed by atoms with Crippen LogP contribution < -0.4 is 0 Å². The first-order valence-electron chi connectivity index (χ1n) is 10.9. The van der Waals surface area contributed by atoms with Gasteiger partial charge in [0.25, 0.3) is 0 Å². The van der Waals surface area contributed by atoms with Crippen molar-refractivity contribution in [2.45, 2.75) is 31.6 Å². The molecule has 0 fully saturated rings. The number of carboxylic acids is 1. The van der Waals surface area contributed by atoms with Gasteiger partial charge in [0.05, 0.1) is 16.1 Å². The summed E-state index contributed by atoms with van der Waals surface area (Å²) in [7, 11) is -3.53. The van der Waals surface area contributed by atoms with Crippen molar-refractivity contribution in [3.8, 4) is 0 Å². The third-order valence-electron chi connectivity index (χ3n) is 4.60. The zero-order valence-electron chi connectivity index (χ0n) is 19.0. The second-order valence-corrected chi connectivity index (χ2v) is 9.18. The monoisotopic (exact) mass is 466 g/mol. The van der Waals surface area contributed by atoms with Crippen LogP contribution in [0.1, 0.15) is 42.6 Å². The number of aliphatic imine (C=N–C) groups is 1. The van der Waals surface area contributed by atoms with E-state index in [9.17, 15) is 13.2 Å². The molecule has 1 N–H and O–H groups in total. The van der Waals surface area contributed by atoms with Gasteiger partial charge in [-0.25, -0.2) is 13.2 Å². The fourth-order valence-electron chi connectivity index (χ4n) is 2.97. The highest BCUT2D eigenvalue weighted by Crippen LogP contribution is 2.17. The molecule has 0 amide bonds. The minimum absolute atomic E-state index is 0.0801. The van der Waals surface area contributed by atoms with Crippen LogP contribution in [0.3, 0.4) is 0 Å². The number of carbonyl (C=O) groups is 1. The number of aromatic carboxylic acids is 1. The van der Waals surface area contributed by atoms with Gasteiger partial charge in [-0.05, 0) is 54.8 Å². The molecular formula is C26H30N2O4S. The van der Waals surface area contributed by atoms with E-state index in [1.807, 2.05) is 80.7 Å². The molecule has 6 nitrogen and oxygen atoms in total. The van der Waals surface area contributed by atoms with Crippen LogP contribution in [0.2, 0.25) is 0 Å². The zero-order chi connectivity index (χ0) is 24.1. The van der Waals surface area contributed by atoms with E-state index in [0.717, 1.165) is 24.1 Å². The summed E-state index contributed by atoms with van der Waals surface area (Å²) in [6, 6.07) is 25.3. The molecule has 0 aliphatic rings. The Bertz CT molecular complexity index is 1070. The average molecular weight is 467 g/mol. The molecule has 0 aliphatic heterocycles. The van der Waals surface area contributed by atoms with Crippen LogP contribution >= 0.6 is 0 Å². The van der Waals surface area contributed by atoms with Crippen molar-refractivity contribution in [1.29, 1.82) is 0 Å². The summed E-state index contributed by atoms with van der Waals surface area (Å²) in [5, 5.41) is 8.80. The van der Waals surface area contributed by atoms with Gasteiger partial charge in [0.2, 0.25) is 10.0 Å². The maximum Gasteiger partial charge on any atom is 0.335 e. The second-order valence-electron chi connectivity index (χ2n) is 7.24. The summed E-state index contributed by atoms with van der Waals surface area (Å²) in [6.45, 7) is 4.78. The first-order chi connectivity index (χ1) is 15.9. The minimum atomic E-state index is -3.53. The van der Waals surface area contributed by atoms with Crippen LogP contribution in [-0.2, 0) is 10.0 Å². The Morgan fingerprint density at radius 1 is 0.848 bits per heavy atom. The Labute approximate surface area is 196 Å². The number of para-hydroxylation sites is 1. The standard InChI is InChI=1S/C13H19NO4S.C13H11N/c1-3-9-14(10-4-2)19(17,18)12-7-5-11(6-8-12)13(15)16;1-3-7-12(8-4-1)11-14-13-9-5-2-6-10-13/h5-8H,3-4,9-10H2,1-2H3,(H,15,16);1-11H. The van der Waals surface area contributed by atoms with Crippen LogP contribution in [0.4, 0.5) is 5.69 Å². The van der Waals surface area contributed by atoms with Crippen molar-refractivity contribution in [2.24, 2.45) is 4.99 Å². The van der Waals surface area contributed by atoms with Gasteiger partial charge in [0.1, 0.15) is 0 Å². The van der Waals surface area contributed by atoms with Gasteiger partial charge in [-0.2, -0.15) is 4.31 Å². The summed E-state index contributed by atoms with van der Waals surface area (Å²) < 4.78 is 26.2. The number of nitrogens with zero attached hydrogens (tertiary/aromatic N) is 2. The molecule has 0 heterocycles. The SMILES string of the molecule is C(=Nc1ccccc1)c1ccccc1.CCCN(CCC)S(=O)(=O)c1ccc(C(=O)O)cc1. The summed E-state index contributed by atoms with van der Waals surface area (Å²) in [5.41, 5.74) is 2.18. The van der Waals surface area contributed by atoms with Gasteiger partial charge in [0, 0.05) is 19.3 Å². The van der Waals surface area contributed by atoms with E-state index in [0.29, 0.717) is 13.1 Å². The van der Waals surface area contributed by atoms with E-state index in [4.69, 9.17) is 5.11 Å². The summed E-state index contributed by atoms with van der Waals surface area (Å²) in [6.07, 6.45) is 3.36. The molecule has 0 spiro atoms. The van der Waals surface area contributed by atoms with Crippen molar-refractivity contribution >= 4 is 27.9 Å². The fraction of sp³-hybridized carbons (Fsp3) is 0.231. The molecule has 3 rings (SSSR count). The van der Waals surface area contributed by atoms with E-state index >= 15 is 0 Å². The predicted molar refractivity (Wildman–Crippen MR) is 133 cm³/mol. The smallest absolute Gasteiger partial charge is 0.335 e. The van der Waals surface area contributed by atoms with Gasteiger partial charge in [-0.1, -0.05) is 62.4 Å². The van der Waals surface area contributed by atoms with Crippen LogP contribution in [0.5, 0.6) is 0 Å². The highest BCUT2D eigenvalue weighted by Gasteiger charge is 2.23. The van der Waals surface area contributed by atoms with E-state index in [-0.39, 0.29) is 10.5 Å². The minimum Gasteiger partial charge on any atom is -0.478 e. The van der Waals surface area contributed by atoms with Gasteiger partial charge in [-0.15, -0.1) is 0 Å². The lowest BCUT2D eigenvalue weighted by Crippen LogP contribution is -2.32. The Hall–Kier alpha value is -3.29. The molecule has 0 saturated carbocycles. The number of carboxylic acid groups (broad SMARTS) is 1. The van der Waals surface area contributed by atoms with Crippen molar-refractivity contribution < 1.29 is 18.3 Å². The molecule has 0 radical (unpaired) electrons. The molecule has 33 heavy (non-hydrogen) atoms. The lowest BCUT2D eigenvalue weighted by atomic mass is 10.2. The highest BCUT2D eigenvalue weighted by atomic mass is 32.2. The average Bonchev–Trinajstić information content (AvgIpc) is 2.84. The summed E-state index contributed by atoms with van der Waals surface area (Å²) >= 11 is 0.